The standard InChI is InChI=1S/C16H22ClNO2/c1-9-8-13(15(19)10(2)17)11(3)18(9)14-6-7-20-16(14)12-4-5-12/h8,10,12,14,16H,4-7H2,1-3H3. The van der Waals surface area contributed by atoms with E-state index in [0.29, 0.717) is 12.1 Å². The number of hydrogen-bond acceptors (Lipinski definition) is 2. The van der Waals surface area contributed by atoms with Crippen molar-refractivity contribution >= 4 is 17.4 Å². The van der Waals surface area contributed by atoms with Crippen LogP contribution in [0.2, 0.25) is 0 Å². The third-order valence-corrected chi connectivity index (χ3v) is 4.83. The van der Waals surface area contributed by atoms with Crippen LogP contribution in [0.15, 0.2) is 6.07 Å². The van der Waals surface area contributed by atoms with E-state index in [1.165, 1.54) is 12.8 Å². The molecular weight excluding hydrogens is 274 g/mol. The van der Waals surface area contributed by atoms with Crippen molar-refractivity contribution in [2.45, 2.75) is 57.6 Å². The zero-order chi connectivity index (χ0) is 14.4. The molecule has 3 atom stereocenters. The Hall–Kier alpha value is -0.800. The highest BCUT2D eigenvalue weighted by atomic mass is 35.5. The lowest BCUT2D eigenvalue weighted by molar-refractivity contribution is 0.0743. The van der Waals surface area contributed by atoms with Crippen molar-refractivity contribution in [1.82, 2.24) is 4.57 Å². The van der Waals surface area contributed by atoms with Crippen LogP contribution in [0.25, 0.3) is 0 Å². The second kappa shape index (κ2) is 5.19. The van der Waals surface area contributed by atoms with Gasteiger partial charge < -0.3 is 9.30 Å². The smallest absolute Gasteiger partial charge is 0.182 e. The molecule has 2 aliphatic rings. The molecule has 3 rings (SSSR count). The lowest BCUT2D eigenvalue weighted by atomic mass is 10.1. The molecule has 0 radical (unpaired) electrons. The summed E-state index contributed by atoms with van der Waals surface area (Å²) >= 11 is 5.96. The minimum Gasteiger partial charge on any atom is -0.376 e. The van der Waals surface area contributed by atoms with Gasteiger partial charge in [-0.25, -0.2) is 0 Å². The maximum Gasteiger partial charge on any atom is 0.182 e. The topological polar surface area (TPSA) is 31.2 Å². The summed E-state index contributed by atoms with van der Waals surface area (Å²) in [5.41, 5.74) is 2.96. The van der Waals surface area contributed by atoms with Gasteiger partial charge in [0.15, 0.2) is 5.78 Å². The molecule has 2 fully saturated rings. The van der Waals surface area contributed by atoms with Crippen molar-refractivity contribution in [2.24, 2.45) is 5.92 Å². The highest BCUT2D eigenvalue weighted by Gasteiger charge is 2.42. The Morgan fingerprint density at radius 1 is 1.40 bits per heavy atom. The van der Waals surface area contributed by atoms with Gasteiger partial charge in [0, 0.05) is 23.6 Å². The van der Waals surface area contributed by atoms with Crippen LogP contribution < -0.4 is 0 Å². The zero-order valence-electron chi connectivity index (χ0n) is 12.4. The van der Waals surface area contributed by atoms with Gasteiger partial charge in [0.1, 0.15) is 0 Å². The van der Waals surface area contributed by atoms with Crippen LogP contribution in [0.3, 0.4) is 0 Å². The zero-order valence-corrected chi connectivity index (χ0v) is 13.1. The number of alkyl halides is 1. The predicted molar refractivity (Wildman–Crippen MR) is 79.7 cm³/mol. The molecular formula is C16H22ClNO2. The van der Waals surface area contributed by atoms with E-state index >= 15 is 0 Å². The van der Waals surface area contributed by atoms with Crippen molar-refractivity contribution < 1.29 is 9.53 Å². The number of nitrogens with zero attached hydrogens (tertiary/aromatic N) is 1. The van der Waals surface area contributed by atoms with Gasteiger partial charge in [0.05, 0.1) is 17.5 Å². The molecule has 3 nitrogen and oxygen atoms in total. The molecule has 0 N–H and O–H groups in total. The number of Topliss-reactive ketones (excluding diaryl/α,β-unsaturated/α-hetero) is 1. The molecule has 1 aromatic heterocycles. The SMILES string of the molecule is Cc1cc(C(=O)C(C)Cl)c(C)n1C1CCOC1C1CC1. The van der Waals surface area contributed by atoms with Crippen LogP contribution >= 0.6 is 11.6 Å². The fourth-order valence-corrected chi connectivity index (χ4v) is 3.62. The van der Waals surface area contributed by atoms with Crippen molar-refractivity contribution in [3.8, 4) is 0 Å². The van der Waals surface area contributed by atoms with Gasteiger partial charge in [0.25, 0.3) is 0 Å². The molecule has 0 amide bonds. The Morgan fingerprint density at radius 2 is 2.10 bits per heavy atom. The van der Waals surface area contributed by atoms with Gasteiger partial charge in [-0.3, -0.25) is 4.79 Å². The summed E-state index contributed by atoms with van der Waals surface area (Å²) in [6, 6.07) is 2.37. The summed E-state index contributed by atoms with van der Waals surface area (Å²) in [5.74, 6) is 0.739. The fraction of sp³-hybridized carbons (Fsp3) is 0.688. The lowest BCUT2D eigenvalue weighted by Crippen LogP contribution is -2.24. The first kappa shape index (κ1) is 14.2. The van der Waals surface area contributed by atoms with E-state index in [1.807, 2.05) is 13.0 Å². The largest absolute Gasteiger partial charge is 0.376 e. The normalized spacial score (nSPS) is 27.8. The number of carbonyl (C=O) groups excluding carboxylic acids is 1. The van der Waals surface area contributed by atoms with Crippen molar-refractivity contribution in [3.05, 3.63) is 23.0 Å². The van der Waals surface area contributed by atoms with Gasteiger partial charge in [-0.15, -0.1) is 11.6 Å². The van der Waals surface area contributed by atoms with Gasteiger partial charge in [-0.05, 0) is 52.0 Å². The molecule has 110 valence electrons. The monoisotopic (exact) mass is 295 g/mol. The lowest BCUT2D eigenvalue weighted by Gasteiger charge is -2.23. The maximum absolute atomic E-state index is 12.2. The third kappa shape index (κ3) is 2.31. The predicted octanol–water partition coefficient (Wildman–Crippen LogP) is 3.65. The number of rotatable bonds is 4. The van der Waals surface area contributed by atoms with E-state index in [-0.39, 0.29) is 5.78 Å². The van der Waals surface area contributed by atoms with E-state index in [2.05, 4.69) is 11.5 Å². The van der Waals surface area contributed by atoms with Crippen LogP contribution in [0, 0.1) is 19.8 Å². The first-order valence-corrected chi connectivity index (χ1v) is 7.92. The molecule has 3 unspecified atom stereocenters. The summed E-state index contributed by atoms with van der Waals surface area (Å²) < 4.78 is 8.25. The average molecular weight is 296 g/mol. The van der Waals surface area contributed by atoms with E-state index in [0.717, 1.165) is 35.9 Å². The molecule has 4 heteroatoms. The molecule has 0 spiro atoms. The Bertz CT molecular complexity index is 531. The quantitative estimate of drug-likeness (QED) is 0.627. The third-order valence-electron chi connectivity index (χ3n) is 4.63. The molecule has 1 aromatic rings. The second-order valence-corrected chi connectivity index (χ2v) is 6.82. The van der Waals surface area contributed by atoms with Gasteiger partial charge in [-0.2, -0.15) is 0 Å². The maximum atomic E-state index is 12.2. The molecule has 1 saturated carbocycles. The van der Waals surface area contributed by atoms with Crippen LogP contribution in [0.1, 0.15) is 54.0 Å². The number of aryl methyl sites for hydroxylation is 1. The molecule has 1 aliphatic carbocycles. The van der Waals surface area contributed by atoms with E-state index in [9.17, 15) is 4.79 Å². The first-order valence-electron chi connectivity index (χ1n) is 7.49. The summed E-state index contributed by atoms with van der Waals surface area (Å²) in [6.45, 7) is 6.67. The number of halogens is 1. The number of ether oxygens (including phenoxy) is 1. The van der Waals surface area contributed by atoms with E-state index in [4.69, 9.17) is 16.3 Å². The number of hydrogen-bond donors (Lipinski definition) is 0. The minimum absolute atomic E-state index is 0.0212. The first-order chi connectivity index (χ1) is 9.50. The van der Waals surface area contributed by atoms with Crippen LogP contribution in [-0.2, 0) is 4.74 Å². The summed E-state index contributed by atoms with van der Waals surface area (Å²) in [7, 11) is 0. The summed E-state index contributed by atoms with van der Waals surface area (Å²) in [5, 5.41) is -0.469. The van der Waals surface area contributed by atoms with Crippen LogP contribution in [-0.4, -0.2) is 28.4 Å². The Morgan fingerprint density at radius 3 is 2.70 bits per heavy atom. The minimum atomic E-state index is -0.469. The summed E-state index contributed by atoms with van der Waals surface area (Å²) in [4.78, 5) is 12.2. The molecule has 2 heterocycles. The Labute approximate surface area is 125 Å². The fourth-order valence-electron chi connectivity index (χ4n) is 3.50. The number of carbonyl (C=O) groups is 1. The van der Waals surface area contributed by atoms with Crippen molar-refractivity contribution in [3.63, 3.8) is 0 Å². The van der Waals surface area contributed by atoms with E-state index < -0.39 is 5.38 Å². The van der Waals surface area contributed by atoms with Crippen LogP contribution in [0.5, 0.6) is 0 Å². The Balaban J connectivity index is 1.95. The van der Waals surface area contributed by atoms with Crippen molar-refractivity contribution in [1.29, 1.82) is 0 Å². The van der Waals surface area contributed by atoms with Gasteiger partial charge >= 0.3 is 0 Å². The highest BCUT2D eigenvalue weighted by Crippen LogP contribution is 2.44. The Kier molecular flexibility index (Phi) is 3.67. The molecule has 0 bridgehead atoms. The van der Waals surface area contributed by atoms with Gasteiger partial charge in [0.2, 0.25) is 0 Å². The van der Waals surface area contributed by atoms with E-state index in [1.54, 1.807) is 6.92 Å². The molecule has 1 aliphatic heterocycles. The van der Waals surface area contributed by atoms with Crippen LogP contribution in [0.4, 0.5) is 0 Å². The highest BCUT2D eigenvalue weighted by molar-refractivity contribution is 6.33. The molecule has 1 saturated heterocycles. The number of aromatic nitrogens is 1. The second-order valence-electron chi connectivity index (χ2n) is 6.16. The number of ketones is 1. The van der Waals surface area contributed by atoms with Crippen molar-refractivity contribution in [2.75, 3.05) is 6.61 Å². The molecule has 20 heavy (non-hydrogen) atoms. The summed E-state index contributed by atoms with van der Waals surface area (Å²) in [6.07, 6.45) is 3.94. The molecule has 0 aromatic carbocycles. The average Bonchev–Trinajstić information content (AvgIpc) is 3.07. The van der Waals surface area contributed by atoms with Gasteiger partial charge in [-0.1, -0.05) is 0 Å².